The Kier molecular flexibility index (Phi) is 5.68. The molecule has 21 heavy (non-hydrogen) atoms. The van der Waals surface area contributed by atoms with Crippen molar-refractivity contribution in [2.24, 2.45) is 11.7 Å². The van der Waals surface area contributed by atoms with Crippen LogP contribution in [0.5, 0.6) is 0 Å². The molecule has 2 N–H and O–H groups in total. The van der Waals surface area contributed by atoms with Crippen LogP contribution in [0.15, 0.2) is 23.1 Å². The van der Waals surface area contributed by atoms with Crippen LogP contribution in [-0.2, 0) is 10.0 Å². The van der Waals surface area contributed by atoms with Gasteiger partial charge in [-0.25, -0.2) is 8.42 Å². The van der Waals surface area contributed by atoms with E-state index in [4.69, 9.17) is 5.73 Å². The molecule has 7 nitrogen and oxygen atoms in total. The van der Waals surface area contributed by atoms with Gasteiger partial charge in [0, 0.05) is 24.7 Å². The van der Waals surface area contributed by atoms with Crippen molar-refractivity contribution >= 4 is 28.1 Å². The van der Waals surface area contributed by atoms with Crippen molar-refractivity contribution in [1.82, 2.24) is 4.31 Å². The second-order valence-electron chi connectivity index (χ2n) is 4.91. The third-order valence-electron chi connectivity index (χ3n) is 3.65. The summed E-state index contributed by atoms with van der Waals surface area (Å²) in [7, 11) is -3.70. The van der Waals surface area contributed by atoms with Crippen LogP contribution in [0.1, 0.15) is 12.0 Å². The summed E-state index contributed by atoms with van der Waals surface area (Å²) >= 11 is 0. The van der Waals surface area contributed by atoms with Gasteiger partial charge in [0.1, 0.15) is 0 Å². The number of hydrogen-bond donors (Lipinski definition) is 1. The predicted molar refractivity (Wildman–Crippen MR) is 81.0 cm³/mol. The standard InChI is InChI=1S/C12H17N3O4S.ClH/c1-9-11(15(16)17)3-2-4-12(9)20(18,19)14-6-5-10(7-13)8-14;/h2-4,10H,5-8,13H2,1H3;1H. The first-order valence-electron chi connectivity index (χ1n) is 6.32. The first-order valence-corrected chi connectivity index (χ1v) is 7.76. The van der Waals surface area contributed by atoms with Gasteiger partial charge in [-0.15, -0.1) is 12.4 Å². The third kappa shape index (κ3) is 3.34. The highest BCUT2D eigenvalue weighted by atomic mass is 35.5. The summed E-state index contributed by atoms with van der Waals surface area (Å²) in [6, 6.07) is 4.11. The monoisotopic (exact) mass is 335 g/mol. The van der Waals surface area contributed by atoms with Crippen LogP contribution >= 0.6 is 12.4 Å². The largest absolute Gasteiger partial charge is 0.330 e. The molecule has 0 saturated carbocycles. The van der Waals surface area contributed by atoms with Gasteiger partial charge < -0.3 is 5.73 Å². The van der Waals surface area contributed by atoms with E-state index in [0.717, 1.165) is 6.42 Å². The lowest BCUT2D eigenvalue weighted by Crippen LogP contribution is -2.30. The number of benzene rings is 1. The van der Waals surface area contributed by atoms with Crippen LogP contribution in [0.3, 0.4) is 0 Å². The Balaban J connectivity index is 0.00000220. The molecule has 1 unspecified atom stereocenters. The average molecular weight is 336 g/mol. The maximum atomic E-state index is 12.6. The lowest BCUT2D eigenvalue weighted by atomic mass is 10.1. The number of nitrogens with zero attached hydrogens (tertiary/aromatic N) is 2. The number of hydrogen-bond acceptors (Lipinski definition) is 5. The first-order chi connectivity index (χ1) is 9.37. The normalized spacial score (nSPS) is 19.2. The third-order valence-corrected chi connectivity index (χ3v) is 5.66. The van der Waals surface area contributed by atoms with E-state index in [1.165, 1.54) is 29.4 Å². The molecule has 1 aliphatic rings. The van der Waals surface area contributed by atoms with E-state index in [-0.39, 0.29) is 34.5 Å². The highest BCUT2D eigenvalue weighted by molar-refractivity contribution is 7.89. The molecule has 9 heteroatoms. The van der Waals surface area contributed by atoms with Gasteiger partial charge >= 0.3 is 0 Å². The number of nitro benzene ring substituents is 1. The van der Waals surface area contributed by atoms with Gasteiger partial charge in [-0.2, -0.15) is 4.31 Å². The van der Waals surface area contributed by atoms with E-state index in [1.54, 1.807) is 0 Å². The maximum absolute atomic E-state index is 12.6. The van der Waals surface area contributed by atoms with Crippen molar-refractivity contribution in [1.29, 1.82) is 0 Å². The molecule has 118 valence electrons. The minimum atomic E-state index is -3.70. The second-order valence-corrected chi connectivity index (χ2v) is 6.82. The van der Waals surface area contributed by atoms with Gasteiger partial charge in [0.05, 0.1) is 9.82 Å². The van der Waals surface area contributed by atoms with Gasteiger partial charge in [0.2, 0.25) is 10.0 Å². The van der Waals surface area contributed by atoms with Crippen molar-refractivity contribution in [2.75, 3.05) is 19.6 Å². The van der Waals surface area contributed by atoms with E-state index in [0.29, 0.717) is 19.6 Å². The average Bonchev–Trinajstić information content (AvgIpc) is 2.87. The molecule has 0 bridgehead atoms. The topological polar surface area (TPSA) is 107 Å². The maximum Gasteiger partial charge on any atom is 0.273 e. The van der Waals surface area contributed by atoms with Crippen LogP contribution in [0, 0.1) is 23.0 Å². The zero-order valence-corrected chi connectivity index (χ0v) is 13.2. The van der Waals surface area contributed by atoms with Crippen LogP contribution in [0.25, 0.3) is 0 Å². The molecule has 0 aliphatic carbocycles. The Morgan fingerprint density at radius 1 is 1.48 bits per heavy atom. The fourth-order valence-electron chi connectivity index (χ4n) is 2.43. The minimum Gasteiger partial charge on any atom is -0.330 e. The van der Waals surface area contributed by atoms with E-state index >= 15 is 0 Å². The van der Waals surface area contributed by atoms with Crippen molar-refractivity contribution < 1.29 is 13.3 Å². The van der Waals surface area contributed by atoms with E-state index < -0.39 is 14.9 Å². The minimum absolute atomic E-state index is 0. The summed E-state index contributed by atoms with van der Waals surface area (Å²) in [6.45, 7) is 2.69. The molecule has 1 aromatic rings. The summed E-state index contributed by atoms with van der Waals surface area (Å²) in [5, 5.41) is 10.9. The predicted octanol–water partition coefficient (Wildman–Crippen LogP) is 1.29. The van der Waals surface area contributed by atoms with Crippen LogP contribution in [-0.4, -0.2) is 37.3 Å². The number of nitro groups is 1. The molecule has 0 amide bonds. The lowest BCUT2D eigenvalue weighted by Gasteiger charge is -2.17. The Bertz CT molecular complexity index is 635. The summed E-state index contributed by atoms with van der Waals surface area (Å²) in [6.07, 6.45) is 0.726. The summed E-state index contributed by atoms with van der Waals surface area (Å²) in [5.74, 6) is 0.156. The van der Waals surface area contributed by atoms with Crippen LogP contribution in [0.2, 0.25) is 0 Å². The van der Waals surface area contributed by atoms with Crippen molar-refractivity contribution in [3.8, 4) is 0 Å². The molecule has 1 aliphatic heterocycles. The molecule has 1 saturated heterocycles. The van der Waals surface area contributed by atoms with Crippen molar-refractivity contribution in [3.05, 3.63) is 33.9 Å². The fourth-order valence-corrected chi connectivity index (χ4v) is 4.20. The van der Waals surface area contributed by atoms with Crippen molar-refractivity contribution in [2.45, 2.75) is 18.2 Å². The molecule has 0 radical (unpaired) electrons. The van der Waals surface area contributed by atoms with Gasteiger partial charge in [-0.3, -0.25) is 10.1 Å². The van der Waals surface area contributed by atoms with Crippen LogP contribution < -0.4 is 5.73 Å². The van der Waals surface area contributed by atoms with E-state index in [1.807, 2.05) is 0 Å². The molecule has 1 fully saturated rings. The molecule has 1 heterocycles. The Morgan fingerprint density at radius 2 is 2.14 bits per heavy atom. The fraction of sp³-hybridized carbons (Fsp3) is 0.500. The highest BCUT2D eigenvalue weighted by Gasteiger charge is 2.34. The van der Waals surface area contributed by atoms with Gasteiger partial charge in [0.15, 0.2) is 0 Å². The van der Waals surface area contributed by atoms with Crippen LogP contribution in [0.4, 0.5) is 5.69 Å². The molecule has 2 rings (SSSR count). The Labute approximate surface area is 129 Å². The highest BCUT2D eigenvalue weighted by Crippen LogP contribution is 2.29. The van der Waals surface area contributed by atoms with Gasteiger partial charge in [-0.1, -0.05) is 6.07 Å². The Morgan fingerprint density at radius 3 is 2.67 bits per heavy atom. The Hall–Kier alpha value is -1.22. The van der Waals surface area contributed by atoms with Gasteiger partial charge in [0.25, 0.3) is 5.69 Å². The second kappa shape index (κ2) is 6.69. The SMILES string of the molecule is Cc1c([N+](=O)[O-])cccc1S(=O)(=O)N1CCC(CN)C1.Cl. The summed E-state index contributed by atoms with van der Waals surface area (Å²) in [4.78, 5) is 10.3. The molecule has 1 aromatic carbocycles. The number of sulfonamides is 1. The van der Waals surface area contributed by atoms with Crippen molar-refractivity contribution in [3.63, 3.8) is 0 Å². The molecule has 1 atom stereocenters. The quantitative estimate of drug-likeness (QED) is 0.659. The van der Waals surface area contributed by atoms with E-state index in [9.17, 15) is 18.5 Å². The molecular formula is C12H18ClN3O4S. The zero-order valence-electron chi connectivity index (χ0n) is 11.6. The number of rotatable bonds is 4. The number of halogens is 1. The molecule has 0 aromatic heterocycles. The number of nitrogens with two attached hydrogens (primary N) is 1. The van der Waals surface area contributed by atoms with Gasteiger partial charge in [-0.05, 0) is 31.9 Å². The first kappa shape index (κ1) is 17.8. The van der Waals surface area contributed by atoms with E-state index in [2.05, 4.69) is 0 Å². The molecule has 0 spiro atoms. The summed E-state index contributed by atoms with van der Waals surface area (Å²) < 4.78 is 26.5. The summed E-state index contributed by atoms with van der Waals surface area (Å²) in [5.41, 5.74) is 5.56. The smallest absolute Gasteiger partial charge is 0.273 e. The zero-order chi connectivity index (χ0) is 14.9. The molecular weight excluding hydrogens is 318 g/mol. The lowest BCUT2D eigenvalue weighted by molar-refractivity contribution is -0.385.